The summed E-state index contributed by atoms with van der Waals surface area (Å²) in [4.78, 5) is 23.0. The maximum atomic E-state index is 14.0. The van der Waals surface area contributed by atoms with Crippen molar-refractivity contribution in [3.05, 3.63) is 68.0 Å². The molecule has 176 valence electrons. The number of rotatable bonds is 6. The Bertz CT molecular complexity index is 1260. The molecule has 1 atom stereocenters. The van der Waals surface area contributed by atoms with Gasteiger partial charge < -0.3 is 5.32 Å². The number of halogens is 5. The Labute approximate surface area is 183 Å². The number of hydrogen-bond donors (Lipinski definition) is 1. The molecule has 0 bridgehead atoms. The van der Waals surface area contributed by atoms with Crippen LogP contribution in [0.5, 0.6) is 0 Å². The molecule has 9 nitrogen and oxygen atoms in total. The van der Waals surface area contributed by atoms with Gasteiger partial charge in [-0.3, -0.25) is 24.3 Å². The number of carbonyl (C=O) groups is 1. The van der Waals surface area contributed by atoms with E-state index >= 15 is 0 Å². The van der Waals surface area contributed by atoms with Crippen LogP contribution in [-0.4, -0.2) is 30.4 Å². The number of nitrogens with zero attached hydrogens (tertiary/aromatic N) is 5. The van der Waals surface area contributed by atoms with Gasteiger partial charge in [-0.25, -0.2) is 22.0 Å². The topological polar surface area (TPSA) is 108 Å². The smallest absolute Gasteiger partial charge is 0.309 e. The molecule has 1 unspecified atom stereocenters. The first-order valence-corrected chi connectivity index (χ1v) is 9.40. The third-order valence-corrected chi connectivity index (χ3v) is 5.10. The molecule has 3 aromatic rings. The second-order valence-electron chi connectivity index (χ2n) is 7.25. The van der Waals surface area contributed by atoms with E-state index in [1.54, 1.807) is 0 Å². The second-order valence-corrected chi connectivity index (χ2v) is 7.25. The van der Waals surface area contributed by atoms with Crippen molar-refractivity contribution in [2.24, 2.45) is 0 Å². The molecule has 0 radical (unpaired) electrons. The third kappa shape index (κ3) is 4.15. The van der Waals surface area contributed by atoms with Crippen LogP contribution in [0.4, 0.5) is 33.3 Å². The number of aryl methyl sites for hydroxylation is 2. The molecule has 14 heteroatoms. The molecule has 0 saturated heterocycles. The predicted molar refractivity (Wildman–Crippen MR) is 104 cm³/mol. The standard InChI is InChI=1S/C19H17F5N6O3/c1-7-12(30(32)33)6-29(26-7)10(4)19(31)25-18-8(2)27-28(9(18)3)5-11-13(20)15(22)17(24)16(23)14(11)21/h6,10H,5H2,1-4H3,(H,25,31). The monoisotopic (exact) mass is 472 g/mol. The Morgan fingerprint density at radius 1 is 1.03 bits per heavy atom. The Morgan fingerprint density at radius 3 is 2.09 bits per heavy atom. The zero-order valence-electron chi connectivity index (χ0n) is 17.7. The summed E-state index contributed by atoms with van der Waals surface area (Å²) < 4.78 is 70.4. The average molecular weight is 472 g/mol. The van der Waals surface area contributed by atoms with Crippen molar-refractivity contribution in [2.45, 2.75) is 40.3 Å². The number of hydrogen-bond acceptors (Lipinski definition) is 5. The minimum absolute atomic E-state index is 0.114. The molecular weight excluding hydrogens is 455 g/mol. The van der Waals surface area contributed by atoms with Gasteiger partial charge in [0.05, 0.1) is 34.1 Å². The Kier molecular flexibility index (Phi) is 6.20. The van der Waals surface area contributed by atoms with Crippen molar-refractivity contribution in [2.75, 3.05) is 5.32 Å². The Hall–Kier alpha value is -3.84. The van der Waals surface area contributed by atoms with Gasteiger partial charge in [-0.1, -0.05) is 0 Å². The van der Waals surface area contributed by atoms with Gasteiger partial charge in [-0.05, 0) is 27.7 Å². The maximum Gasteiger partial charge on any atom is 0.309 e. The highest BCUT2D eigenvalue weighted by molar-refractivity contribution is 5.94. The molecular formula is C19H17F5N6O3. The van der Waals surface area contributed by atoms with Gasteiger partial charge in [0.25, 0.3) is 0 Å². The average Bonchev–Trinajstić information content (AvgIpc) is 3.28. The van der Waals surface area contributed by atoms with Crippen molar-refractivity contribution >= 4 is 17.3 Å². The Balaban J connectivity index is 1.88. The predicted octanol–water partition coefficient (Wildman–Crippen LogP) is 3.86. The van der Waals surface area contributed by atoms with Gasteiger partial charge in [-0.2, -0.15) is 10.2 Å². The molecule has 2 aromatic heterocycles. The lowest BCUT2D eigenvalue weighted by molar-refractivity contribution is -0.385. The van der Waals surface area contributed by atoms with Crippen LogP contribution in [0, 0.1) is 60.0 Å². The summed E-state index contributed by atoms with van der Waals surface area (Å²) in [6.45, 7) is 4.96. The number of nitro groups is 1. The van der Waals surface area contributed by atoms with E-state index in [1.807, 2.05) is 0 Å². The molecule has 1 aromatic carbocycles. The molecule has 0 spiro atoms. The van der Waals surface area contributed by atoms with Crippen molar-refractivity contribution in [3.8, 4) is 0 Å². The van der Waals surface area contributed by atoms with E-state index in [0.717, 1.165) is 15.6 Å². The summed E-state index contributed by atoms with van der Waals surface area (Å²) in [5.74, 6) is -11.0. The fourth-order valence-corrected chi connectivity index (χ4v) is 3.17. The summed E-state index contributed by atoms with van der Waals surface area (Å²) in [5, 5.41) is 21.5. The molecule has 0 aliphatic heterocycles. The summed E-state index contributed by atoms with van der Waals surface area (Å²) >= 11 is 0. The highest BCUT2D eigenvalue weighted by Crippen LogP contribution is 2.27. The van der Waals surface area contributed by atoms with Crippen LogP contribution >= 0.6 is 0 Å². The first-order valence-electron chi connectivity index (χ1n) is 9.40. The van der Waals surface area contributed by atoms with E-state index in [0.29, 0.717) is 0 Å². The quantitative estimate of drug-likeness (QED) is 0.193. The van der Waals surface area contributed by atoms with Crippen LogP contribution < -0.4 is 5.32 Å². The van der Waals surface area contributed by atoms with E-state index in [9.17, 15) is 36.9 Å². The largest absolute Gasteiger partial charge is 0.321 e. The third-order valence-electron chi connectivity index (χ3n) is 5.10. The van der Waals surface area contributed by atoms with E-state index in [1.165, 1.54) is 27.7 Å². The summed E-state index contributed by atoms with van der Waals surface area (Å²) in [5.41, 5.74) is -0.698. The van der Waals surface area contributed by atoms with Crippen LogP contribution in [0.2, 0.25) is 0 Å². The van der Waals surface area contributed by atoms with Crippen LogP contribution in [0.25, 0.3) is 0 Å². The Morgan fingerprint density at radius 2 is 1.58 bits per heavy atom. The van der Waals surface area contributed by atoms with E-state index in [2.05, 4.69) is 15.5 Å². The summed E-state index contributed by atoms with van der Waals surface area (Å²) in [7, 11) is 0. The van der Waals surface area contributed by atoms with Crippen LogP contribution in [0.3, 0.4) is 0 Å². The highest BCUT2D eigenvalue weighted by Gasteiger charge is 2.28. The summed E-state index contributed by atoms with van der Waals surface area (Å²) in [6, 6.07) is -0.977. The van der Waals surface area contributed by atoms with Crippen LogP contribution in [0.1, 0.15) is 35.6 Å². The van der Waals surface area contributed by atoms with Gasteiger partial charge in [-0.15, -0.1) is 0 Å². The molecule has 2 heterocycles. The van der Waals surface area contributed by atoms with Crippen LogP contribution in [-0.2, 0) is 11.3 Å². The van der Waals surface area contributed by atoms with Crippen molar-refractivity contribution in [1.29, 1.82) is 0 Å². The van der Waals surface area contributed by atoms with Gasteiger partial charge >= 0.3 is 5.69 Å². The number of amides is 1. The van der Waals surface area contributed by atoms with Gasteiger partial charge in [0.2, 0.25) is 11.7 Å². The second kappa shape index (κ2) is 8.60. The van der Waals surface area contributed by atoms with Crippen LogP contribution in [0.15, 0.2) is 6.20 Å². The summed E-state index contributed by atoms with van der Waals surface area (Å²) in [6.07, 6.45) is 1.10. The van der Waals surface area contributed by atoms with E-state index in [4.69, 9.17) is 0 Å². The SMILES string of the molecule is Cc1nn(C(C)C(=O)Nc2c(C)nn(Cc3c(F)c(F)c(F)c(F)c3F)c2C)cc1[N+](=O)[O-]. The first-order chi connectivity index (χ1) is 15.3. The normalized spacial score (nSPS) is 12.2. The number of aromatic nitrogens is 4. The zero-order chi connectivity index (χ0) is 24.8. The molecule has 1 N–H and O–H groups in total. The number of carbonyl (C=O) groups excluding carboxylic acids is 1. The molecule has 0 aliphatic carbocycles. The van der Waals surface area contributed by atoms with Gasteiger partial charge in [0, 0.05) is 0 Å². The highest BCUT2D eigenvalue weighted by atomic mass is 19.2. The molecule has 33 heavy (non-hydrogen) atoms. The lowest BCUT2D eigenvalue weighted by atomic mass is 10.1. The van der Waals surface area contributed by atoms with E-state index < -0.39 is 58.1 Å². The lowest BCUT2D eigenvalue weighted by Crippen LogP contribution is -2.24. The first kappa shape index (κ1) is 23.8. The van der Waals surface area contributed by atoms with Gasteiger partial charge in [0.1, 0.15) is 17.9 Å². The van der Waals surface area contributed by atoms with Crippen molar-refractivity contribution < 1.29 is 31.7 Å². The molecule has 3 rings (SSSR count). The van der Waals surface area contributed by atoms with Crippen molar-refractivity contribution in [1.82, 2.24) is 19.6 Å². The number of nitrogens with one attached hydrogen (secondary N) is 1. The lowest BCUT2D eigenvalue weighted by Gasteiger charge is -2.13. The molecule has 0 saturated carbocycles. The maximum absolute atomic E-state index is 14.0. The zero-order valence-corrected chi connectivity index (χ0v) is 17.7. The minimum Gasteiger partial charge on any atom is -0.321 e. The number of benzene rings is 1. The van der Waals surface area contributed by atoms with E-state index in [-0.39, 0.29) is 28.5 Å². The number of anilines is 1. The fraction of sp³-hybridized carbons (Fsp3) is 0.316. The molecule has 0 fully saturated rings. The minimum atomic E-state index is -2.27. The van der Waals surface area contributed by atoms with Crippen molar-refractivity contribution in [3.63, 3.8) is 0 Å². The molecule has 0 aliphatic rings. The van der Waals surface area contributed by atoms with Gasteiger partial charge in [0.15, 0.2) is 23.3 Å². The fourth-order valence-electron chi connectivity index (χ4n) is 3.17. The molecule has 1 amide bonds.